The van der Waals surface area contributed by atoms with Gasteiger partial charge in [-0.25, -0.2) is 13.5 Å². The molecule has 1 fully saturated rings. The Balaban J connectivity index is 1.58. The predicted molar refractivity (Wildman–Crippen MR) is 128 cm³/mol. The molecular weight excluding hydrogens is 500 g/mol. The lowest BCUT2D eigenvalue weighted by Gasteiger charge is -2.16. The number of hydroxylamine groups is 2. The third kappa shape index (κ3) is 4.59. The van der Waals surface area contributed by atoms with Gasteiger partial charge in [-0.05, 0) is 60.9 Å². The largest absolute Gasteiger partial charge is 0.480 e. The van der Waals surface area contributed by atoms with Gasteiger partial charge in [0.05, 0.1) is 0 Å². The van der Waals surface area contributed by atoms with Gasteiger partial charge in [0.2, 0.25) is 0 Å². The number of sulfonamides is 1. The number of thiophene rings is 1. The number of carboxylic acid groups (broad SMARTS) is 1. The van der Waals surface area contributed by atoms with E-state index in [1.165, 1.54) is 18.2 Å². The molecule has 1 aromatic heterocycles. The number of hydrogen-bond donors (Lipinski definition) is 3. The van der Waals surface area contributed by atoms with E-state index in [9.17, 15) is 28.3 Å². The van der Waals surface area contributed by atoms with Crippen LogP contribution in [0, 0.1) is 0 Å². The average Bonchev–Trinajstić information content (AvgIpc) is 3.31. The summed E-state index contributed by atoms with van der Waals surface area (Å²) in [4.78, 5) is 25.1. The van der Waals surface area contributed by atoms with Gasteiger partial charge in [-0.15, -0.1) is 11.3 Å². The van der Waals surface area contributed by atoms with Gasteiger partial charge in [0.25, 0.3) is 15.9 Å². The minimum Gasteiger partial charge on any atom is -0.480 e. The quantitative estimate of drug-likeness (QED) is 0.302. The number of carbonyl (C=O) groups excluding carboxylic acids is 1. The van der Waals surface area contributed by atoms with Gasteiger partial charge >= 0.3 is 5.97 Å². The molecule has 1 aliphatic carbocycles. The Morgan fingerprint density at radius 2 is 1.88 bits per heavy atom. The van der Waals surface area contributed by atoms with Crippen molar-refractivity contribution in [3.05, 3.63) is 76.8 Å². The van der Waals surface area contributed by atoms with Crippen LogP contribution < -0.4 is 4.72 Å². The zero-order chi connectivity index (χ0) is 24.7. The van der Waals surface area contributed by atoms with Crippen molar-refractivity contribution in [1.82, 2.24) is 9.79 Å². The zero-order valence-electron chi connectivity index (χ0n) is 17.9. The van der Waals surface area contributed by atoms with E-state index in [4.69, 9.17) is 11.6 Å². The third-order valence-corrected chi connectivity index (χ3v) is 9.09. The van der Waals surface area contributed by atoms with E-state index < -0.39 is 33.4 Å². The van der Waals surface area contributed by atoms with Crippen LogP contribution >= 0.6 is 22.9 Å². The molecule has 0 spiro atoms. The summed E-state index contributed by atoms with van der Waals surface area (Å²) < 4.78 is 28.6. The number of hydrogen-bond acceptors (Lipinski definition) is 6. The van der Waals surface area contributed by atoms with Crippen molar-refractivity contribution >= 4 is 44.8 Å². The number of rotatable bonds is 8. The van der Waals surface area contributed by atoms with E-state index in [2.05, 4.69) is 4.72 Å². The molecule has 3 aromatic rings. The molecule has 0 bridgehead atoms. The minimum atomic E-state index is -4.13. The summed E-state index contributed by atoms with van der Waals surface area (Å²) >= 11 is 6.93. The number of carboxylic acids is 1. The Bertz CT molecular complexity index is 1360. The van der Waals surface area contributed by atoms with E-state index in [1.54, 1.807) is 49.4 Å². The molecule has 2 atom stereocenters. The molecule has 178 valence electrons. The summed E-state index contributed by atoms with van der Waals surface area (Å²) in [7, 11) is -4.13. The molecule has 11 heteroatoms. The second-order valence-electron chi connectivity index (χ2n) is 7.91. The van der Waals surface area contributed by atoms with Crippen molar-refractivity contribution in [2.75, 3.05) is 6.54 Å². The van der Waals surface area contributed by atoms with Crippen LogP contribution in [0.4, 0.5) is 0 Å². The second-order valence-corrected chi connectivity index (χ2v) is 11.3. The molecule has 0 saturated heterocycles. The Kier molecular flexibility index (Phi) is 6.54. The number of amides is 1. The molecule has 8 nitrogen and oxygen atoms in total. The fourth-order valence-electron chi connectivity index (χ4n) is 3.76. The zero-order valence-corrected chi connectivity index (χ0v) is 20.3. The average molecular weight is 521 g/mol. The molecule has 1 saturated carbocycles. The van der Waals surface area contributed by atoms with Crippen LogP contribution in [-0.2, 0) is 14.8 Å². The van der Waals surface area contributed by atoms with Crippen LogP contribution in [-0.4, -0.2) is 47.8 Å². The van der Waals surface area contributed by atoms with Gasteiger partial charge < -0.3 is 5.11 Å². The number of carbonyl (C=O) groups is 2. The van der Waals surface area contributed by atoms with Crippen LogP contribution in [0.2, 0.25) is 5.02 Å². The number of halogens is 1. The number of nitrogens with zero attached hydrogens (tertiary/aromatic N) is 1. The van der Waals surface area contributed by atoms with Crippen LogP contribution in [0.3, 0.4) is 0 Å². The maximum absolute atomic E-state index is 13.1. The molecule has 3 N–H and O–H groups in total. The van der Waals surface area contributed by atoms with E-state index in [-0.39, 0.29) is 22.7 Å². The topological polar surface area (TPSA) is 124 Å². The van der Waals surface area contributed by atoms with E-state index >= 15 is 0 Å². The standard InChI is InChI=1S/C23H21ClN2O6S2/c1-2-26(30)21(27)16-5-3-4-15(12-16)18-13-23(18,22(28)29)25-34(31,32)20-11-10-19(33-20)14-6-8-17(24)9-7-14/h3-12,18,25,30H,2,13H2,1H3,(H,28,29)/t18-,23?/m0/s1. The van der Waals surface area contributed by atoms with Crippen molar-refractivity contribution < 1.29 is 28.3 Å². The van der Waals surface area contributed by atoms with Gasteiger partial charge in [0.15, 0.2) is 0 Å². The maximum Gasteiger partial charge on any atom is 0.325 e. The predicted octanol–water partition coefficient (Wildman–Crippen LogP) is 4.21. The fraction of sp³-hybridized carbons (Fsp3) is 0.217. The van der Waals surface area contributed by atoms with Crippen molar-refractivity contribution in [1.29, 1.82) is 0 Å². The molecule has 2 aromatic carbocycles. The summed E-state index contributed by atoms with van der Waals surface area (Å²) in [6.45, 7) is 1.69. The first-order valence-electron chi connectivity index (χ1n) is 10.3. The molecule has 0 radical (unpaired) electrons. The minimum absolute atomic E-state index is 0.00785. The Labute approximate surface area is 205 Å². The summed E-state index contributed by atoms with van der Waals surface area (Å²) in [6, 6.07) is 16.2. The smallest absolute Gasteiger partial charge is 0.325 e. The van der Waals surface area contributed by atoms with E-state index in [1.807, 2.05) is 0 Å². The molecular formula is C23H21ClN2O6S2. The monoisotopic (exact) mass is 520 g/mol. The molecule has 1 aliphatic rings. The van der Waals surface area contributed by atoms with E-state index in [0.717, 1.165) is 16.9 Å². The number of nitrogens with one attached hydrogen (secondary N) is 1. The van der Waals surface area contributed by atoms with Crippen LogP contribution in [0.5, 0.6) is 0 Å². The van der Waals surface area contributed by atoms with Gasteiger partial charge in [-0.1, -0.05) is 35.9 Å². The molecule has 0 aliphatic heterocycles. The number of benzene rings is 2. The summed E-state index contributed by atoms with van der Waals surface area (Å²) in [5, 5.41) is 20.7. The van der Waals surface area contributed by atoms with Crippen LogP contribution in [0.15, 0.2) is 64.9 Å². The maximum atomic E-state index is 13.1. The summed E-state index contributed by atoms with van der Waals surface area (Å²) in [5.41, 5.74) is -0.260. The molecule has 1 heterocycles. The van der Waals surface area contributed by atoms with Crippen LogP contribution in [0.1, 0.15) is 35.2 Å². The highest BCUT2D eigenvalue weighted by molar-refractivity contribution is 7.91. The van der Waals surface area contributed by atoms with Gasteiger partial charge in [-0.2, -0.15) is 4.72 Å². The van der Waals surface area contributed by atoms with Crippen molar-refractivity contribution in [3.63, 3.8) is 0 Å². The summed E-state index contributed by atoms with van der Waals surface area (Å²) in [6.07, 6.45) is 0.0330. The molecule has 4 rings (SSSR count). The van der Waals surface area contributed by atoms with Gasteiger partial charge in [0.1, 0.15) is 9.75 Å². The van der Waals surface area contributed by atoms with E-state index in [0.29, 0.717) is 20.5 Å². The lowest BCUT2D eigenvalue weighted by molar-refractivity contribution is -0.140. The van der Waals surface area contributed by atoms with Crippen molar-refractivity contribution in [2.24, 2.45) is 0 Å². The highest BCUT2D eigenvalue weighted by Gasteiger charge is 2.63. The Hall–Kier alpha value is -2.76. The lowest BCUT2D eigenvalue weighted by atomic mass is 10.0. The third-order valence-electron chi connectivity index (χ3n) is 5.70. The first-order chi connectivity index (χ1) is 16.1. The molecule has 1 unspecified atom stereocenters. The first kappa shape index (κ1) is 24.4. The normalized spacial score (nSPS) is 19.6. The first-order valence-corrected chi connectivity index (χ1v) is 13.0. The SMILES string of the molecule is CCN(O)C(=O)c1cccc([C@@H]2CC2(NS(=O)(=O)c2ccc(-c3ccc(Cl)cc3)s2)C(=O)O)c1. The fourth-order valence-corrected chi connectivity index (χ4v) is 6.61. The second kappa shape index (κ2) is 9.12. The summed E-state index contributed by atoms with van der Waals surface area (Å²) in [5.74, 6) is -2.60. The number of aliphatic carboxylic acids is 1. The Morgan fingerprint density at radius 1 is 1.18 bits per heavy atom. The highest BCUT2D eigenvalue weighted by Crippen LogP contribution is 2.52. The van der Waals surface area contributed by atoms with Gasteiger partial charge in [0, 0.05) is 27.9 Å². The molecule has 1 amide bonds. The van der Waals surface area contributed by atoms with Crippen molar-refractivity contribution in [2.45, 2.75) is 29.0 Å². The van der Waals surface area contributed by atoms with Crippen molar-refractivity contribution in [3.8, 4) is 10.4 Å². The van der Waals surface area contributed by atoms with Crippen LogP contribution in [0.25, 0.3) is 10.4 Å². The Morgan fingerprint density at radius 3 is 2.53 bits per heavy atom. The lowest BCUT2D eigenvalue weighted by Crippen LogP contribution is -2.44. The molecule has 34 heavy (non-hydrogen) atoms. The highest BCUT2D eigenvalue weighted by atomic mass is 35.5. The van der Waals surface area contributed by atoms with Gasteiger partial charge in [-0.3, -0.25) is 14.8 Å².